The molecule has 0 spiro atoms. The van der Waals surface area contributed by atoms with Gasteiger partial charge >= 0.3 is 5.97 Å². The van der Waals surface area contributed by atoms with Gasteiger partial charge in [0, 0.05) is 11.1 Å². The van der Waals surface area contributed by atoms with E-state index in [9.17, 15) is 9.59 Å². The number of carbonyl (C=O) groups is 2. The average molecular weight is 421 g/mol. The van der Waals surface area contributed by atoms with E-state index in [0.717, 1.165) is 11.1 Å². The van der Waals surface area contributed by atoms with E-state index in [1.165, 1.54) is 0 Å². The third kappa shape index (κ3) is 4.70. The molecule has 1 heterocycles. The van der Waals surface area contributed by atoms with Gasteiger partial charge in [-0.05, 0) is 41.5 Å². The van der Waals surface area contributed by atoms with Crippen LogP contribution in [0, 0.1) is 0 Å². The van der Waals surface area contributed by atoms with Gasteiger partial charge in [-0.15, -0.1) is 0 Å². The number of ether oxygens (including phenoxy) is 3. The molecule has 0 unspecified atom stereocenters. The molecule has 1 aliphatic heterocycles. The van der Waals surface area contributed by atoms with Crippen LogP contribution in [0.25, 0.3) is 6.08 Å². The van der Waals surface area contributed by atoms with E-state index in [4.69, 9.17) is 25.8 Å². The standard InChI is InChI=1S/C24H17ClO5/c25-18-8-4-7-17(11-18)12-22-24(27)20-10-9-19(13-21(20)30-22)28-15-23(26)29-14-16-5-2-1-3-6-16/h1-13H,14-15H2. The number of allylic oxidation sites excluding steroid dienone is 1. The van der Waals surface area contributed by atoms with Crippen LogP contribution >= 0.6 is 11.6 Å². The van der Waals surface area contributed by atoms with Crippen molar-refractivity contribution in [3.8, 4) is 11.5 Å². The first-order valence-corrected chi connectivity index (χ1v) is 9.62. The van der Waals surface area contributed by atoms with Gasteiger partial charge in [-0.3, -0.25) is 4.79 Å². The van der Waals surface area contributed by atoms with Gasteiger partial charge < -0.3 is 14.2 Å². The predicted molar refractivity (Wildman–Crippen MR) is 113 cm³/mol. The van der Waals surface area contributed by atoms with Crippen molar-refractivity contribution in [2.24, 2.45) is 0 Å². The summed E-state index contributed by atoms with van der Waals surface area (Å²) in [4.78, 5) is 24.4. The van der Waals surface area contributed by atoms with Crippen molar-refractivity contribution in [3.05, 3.63) is 100 Å². The summed E-state index contributed by atoms with van der Waals surface area (Å²) < 4.78 is 16.4. The molecule has 30 heavy (non-hydrogen) atoms. The Morgan fingerprint density at radius 1 is 1.00 bits per heavy atom. The molecule has 150 valence electrons. The van der Waals surface area contributed by atoms with Gasteiger partial charge in [-0.1, -0.05) is 54.1 Å². The molecule has 6 heteroatoms. The smallest absolute Gasteiger partial charge is 0.344 e. The lowest BCUT2D eigenvalue weighted by Gasteiger charge is -2.08. The highest BCUT2D eigenvalue weighted by atomic mass is 35.5. The molecule has 0 saturated carbocycles. The summed E-state index contributed by atoms with van der Waals surface area (Å²) in [6, 6.07) is 21.3. The van der Waals surface area contributed by atoms with Crippen molar-refractivity contribution in [2.75, 3.05) is 6.61 Å². The fraction of sp³-hybridized carbons (Fsp3) is 0.0833. The topological polar surface area (TPSA) is 61.8 Å². The maximum atomic E-state index is 12.5. The number of esters is 1. The predicted octanol–water partition coefficient (Wildman–Crippen LogP) is 5.08. The molecule has 0 aromatic heterocycles. The highest BCUT2D eigenvalue weighted by Crippen LogP contribution is 2.35. The van der Waals surface area contributed by atoms with Gasteiger partial charge in [-0.2, -0.15) is 0 Å². The number of fused-ring (bicyclic) bond motifs is 1. The summed E-state index contributed by atoms with van der Waals surface area (Å²) in [6.07, 6.45) is 1.63. The molecular formula is C24H17ClO5. The normalized spacial score (nSPS) is 13.6. The van der Waals surface area contributed by atoms with Crippen molar-refractivity contribution >= 4 is 29.4 Å². The molecule has 0 amide bonds. The second-order valence-electron chi connectivity index (χ2n) is 6.59. The molecule has 0 bridgehead atoms. The molecule has 1 aliphatic rings. The molecule has 0 radical (unpaired) electrons. The van der Waals surface area contributed by atoms with E-state index in [1.54, 1.807) is 42.5 Å². The fourth-order valence-corrected chi connectivity index (χ4v) is 3.13. The summed E-state index contributed by atoms with van der Waals surface area (Å²) in [7, 11) is 0. The third-order valence-corrected chi connectivity index (χ3v) is 4.62. The molecule has 0 saturated heterocycles. The lowest BCUT2D eigenvalue weighted by Crippen LogP contribution is -2.14. The maximum Gasteiger partial charge on any atom is 0.344 e. The SMILES string of the molecule is O=C(COc1ccc2c(c1)OC(=Cc1cccc(Cl)c1)C2=O)OCc1ccccc1. The van der Waals surface area contributed by atoms with Crippen LogP contribution in [0.15, 0.2) is 78.6 Å². The van der Waals surface area contributed by atoms with E-state index in [2.05, 4.69) is 0 Å². The zero-order valence-electron chi connectivity index (χ0n) is 15.8. The number of ketones is 1. The molecule has 3 aromatic carbocycles. The molecule has 0 aliphatic carbocycles. The van der Waals surface area contributed by atoms with Gasteiger partial charge in [0.1, 0.15) is 18.1 Å². The van der Waals surface area contributed by atoms with Crippen molar-refractivity contribution in [1.29, 1.82) is 0 Å². The molecule has 0 N–H and O–H groups in total. The van der Waals surface area contributed by atoms with Crippen LogP contribution in [0.2, 0.25) is 5.02 Å². The van der Waals surface area contributed by atoms with Crippen LogP contribution in [0.3, 0.4) is 0 Å². The summed E-state index contributed by atoms with van der Waals surface area (Å²) in [5.41, 5.74) is 2.09. The fourth-order valence-electron chi connectivity index (χ4n) is 2.93. The minimum Gasteiger partial charge on any atom is -0.482 e. The summed E-state index contributed by atoms with van der Waals surface area (Å²) in [6.45, 7) is -0.0622. The Labute approximate surface area is 178 Å². The molecule has 3 aromatic rings. The van der Waals surface area contributed by atoms with E-state index < -0.39 is 5.97 Å². The number of benzene rings is 3. The van der Waals surface area contributed by atoms with Crippen LogP contribution in [-0.2, 0) is 16.1 Å². The second kappa shape index (κ2) is 8.84. The molecule has 4 rings (SSSR count). The monoisotopic (exact) mass is 420 g/mol. The zero-order valence-corrected chi connectivity index (χ0v) is 16.6. The number of hydrogen-bond donors (Lipinski definition) is 0. The molecular weight excluding hydrogens is 404 g/mol. The van der Waals surface area contributed by atoms with E-state index in [1.807, 2.05) is 36.4 Å². The van der Waals surface area contributed by atoms with E-state index in [0.29, 0.717) is 22.1 Å². The first-order chi connectivity index (χ1) is 14.6. The van der Waals surface area contributed by atoms with Crippen LogP contribution in [0.5, 0.6) is 11.5 Å². The van der Waals surface area contributed by atoms with Crippen LogP contribution in [0.4, 0.5) is 0 Å². The van der Waals surface area contributed by atoms with E-state index >= 15 is 0 Å². The van der Waals surface area contributed by atoms with E-state index in [-0.39, 0.29) is 24.8 Å². The van der Waals surface area contributed by atoms with Crippen molar-refractivity contribution in [3.63, 3.8) is 0 Å². The third-order valence-electron chi connectivity index (χ3n) is 4.39. The highest BCUT2D eigenvalue weighted by Gasteiger charge is 2.27. The lowest BCUT2D eigenvalue weighted by molar-refractivity contribution is -0.147. The van der Waals surface area contributed by atoms with Gasteiger partial charge in [0.2, 0.25) is 5.78 Å². The Morgan fingerprint density at radius 3 is 2.63 bits per heavy atom. The lowest BCUT2D eigenvalue weighted by atomic mass is 10.1. The number of rotatable bonds is 6. The van der Waals surface area contributed by atoms with Gasteiger partial charge in [0.25, 0.3) is 0 Å². The van der Waals surface area contributed by atoms with Crippen molar-refractivity contribution in [2.45, 2.75) is 6.61 Å². The number of hydrogen-bond acceptors (Lipinski definition) is 5. The first-order valence-electron chi connectivity index (χ1n) is 9.25. The van der Waals surface area contributed by atoms with Crippen LogP contribution in [0.1, 0.15) is 21.5 Å². The minimum absolute atomic E-state index is 0.183. The Hall–Kier alpha value is -3.57. The Morgan fingerprint density at radius 2 is 1.83 bits per heavy atom. The Balaban J connectivity index is 1.37. The summed E-state index contributed by atoms with van der Waals surface area (Å²) in [5, 5.41) is 0.571. The van der Waals surface area contributed by atoms with Gasteiger partial charge in [0.15, 0.2) is 12.4 Å². The minimum atomic E-state index is -0.488. The van der Waals surface area contributed by atoms with Crippen molar-refractivity contribution in [1.82, 2.24) is 0 Å². The van der Waals surface area contributed by atoms with Crippen LogP contribution in [-0.4, -0.2) is 18.4 Å². The van der Waals surface area contributed by atoms with Crippen LogP contribution < -0.4 is 9.47 Å². The molecule has 0 atom stereocenters. The molecule has 0 fully saturated rings. The van der Waals surface area contributed by atoms with Gasteiger partial charge in [-0.25, -0.2) is 4.79 Å². The highest BCUT2D eigenvalue weighted by molar-refractivity contribution is 6.30. The quantitative estimate of drug-likeness (QED) is 0.411. The maximum absolute atomic E-state index is 12.5. The van der Waals surface area contributed by atoms with Gasteiger partial charge in [0.05, 0.1) is 5.56 Å². The number of carbonyl (C=O) groups excluding carboxylic acids is 2. The largest absolute Gasteiger partial charge is 0.482 e. The summed E-state index contributed by atoms with van der Waals surface area (Å²) in [5.74, 6) is 0.272. The Kier molecular flexibility index (Phi) is 5.82. The first kappa shape index (κ1) is 19.7. The molecule has 5 nitrogen and oxygen atoms in total. The number of halogens is 1. The van der Waals surface area contributed by atoms with Crippen molar-refractivity contribution < 1.29 is 23.8 Å². The Bertz CT molecular complexity index is 1120. The zero-order chi connectivity index (χ0) is 20.9. The number of Topliss-reactive ketones (excluding diaryl/α,β-unsaturated/α-hetero) is 1. The second-order valence-corrected chi connectivity index (χ2v) is 7.02. The average Bonchev–Trinajstić information content (AvgIpc) is 3.06. The summed E-state index contributed by atoms with van der Waals surface area (Å²) >= 11 is 5.98.